The Kier molecular flexibility index (Phi) is 21.6. The van der Waals surface area contributed by atoms with Crippen molar-refractivity contribution in [2.24, 2.45) is 5.92 Å². The summed E-state index contributed by atoms with van der Waals surface area (Å²) in [5.74, 6) is -1.73. The molecule has 0 N–H and O–H groups in total. The van der Waals surface area contributed by atoms with E-state index in [9.17, 15) is 30.0 Å². The van der Waals surface area contributed by atoms with E-state index in [2.05, 4.69) is 10.7 Å². The molecule has 0 saturated heterocycles. The van der Waals surface area contributed by atoms with Crippen LogP contribution in [0.5, 0.6) is 0 Å². The molecule has 178 valence electrons. The average Bonchev–Trinajstić information content (AvgIpc) is 2.53. The maximum Gasteiger partial charge on any atom is 1.00 e. The summed E-state index contributed by atoms with van der Waals surface area (Å²) in [4.78, 5) is 0. The van der Waals surface area contributed by atoms with E-state index in [-0.39, 0.29) is 66.1 Å². The fourth-order valence-electron chi connectivity index (χ4n) is 1.86. The summed E-state index contributed by atoms with van der Waals surface area (Å²) in [5, 5.41) is 0. The van der Waals surface area contributed by atoms with E-state index in [4.69, 9.17) is 14.2 Å². The summed E-state index contributed by atoms with van der Waals surface area (Å²) < 4.78 is 100. The van der Waals surface area contributed by atoms with Crippen LogP contribution in [0.15, 0.2) is 12.7 Å². The predicted molar refractivity (Wildman–Crippen MR) is 107 cm³/mol. The first kappa shape index (κ1) is 37.2. The van der Waals surface area contributed by atoms with Gasteiger partial charge in [-0.1, -0.05) is 27.9 Å². The molecular formula is C16H33F3LiNO7S2. The molecule has 0 aromatic rings. The number of methoxy groups -OCH3 is 1. The largest absolute Gasteiger partial charge is 1.00 e. The summed E-state index contributed by atoms with van der Waals surface area (Å²) in [7, 11) is -9.66. The normalized spacial score (nSPS) is 13.9. The van der Waals surface area contributed by atoms with Gasteiger partial charge in [0.1, 0.15) is 0 Å². The standard InChI is InChI=1S/C14H25F3NO7S2.2CH4.Li/c1-4-7-24-10-13(5-2)25-9-12(6-8-23-3)11-26(19,20)18-27(21,22)14(15,16)17;;;/h4,12-13H,1,5-11H2,2-3H3;2*1H4;/q-1;;;+1. The molecule has 2 atom stereocenters. The minimum Gasteiger partial charge on any atom is -0.428 e. The van der Waals surface area contributed by atoms with Crippen molar-refractivity contribution in [1.82, 2.24) is 0 Å². The van der Waals surface area contributed by atoms with Gasteiger partial charge < -0.3 is 18.3 Å². The molecular weight excluding hydrogens is 446 g/mol. The zero-order valence-electron chi connectivity index (χ0n) is 16.1. The molecule has 14 heteroatoms. The van der Waals surface area contributed by atoms with E-state index in [1.54, 1.807) is 6.08 Å². The maximum atomic E-state index is 12.3. The topological polar surface area (TPSA) is 110 Å². The van der Waals surface area contributed by atoms with Crippen LogP contribution < -0.4 is 18.9 Å². The van der Waals surface area contributed by atoms with E-state index >= 15 is 0 Å². The molecule has 0 aliphatic heterocycles. The molecule has 0 fully saturated rings. The first-order chi connectivity index (χ1) is 12.4. The number of halogens is 3. The number of rotatable bonds is 15. The molecule has 0 rings (SSSR count). The smallest absolute Gasteiger partial charge is 0.428 e. The Bertz CT molecular complexity index is 644. The van der Waals surface area contributed by atoms with Crippen LogP contribution in [0.25, 0.3) is 4.13 Å². The molecule has 0 heterocycles. The number of nitrogens with zero attached hydrogens (tertiary/aromatic N) is 1. The number of hydrogen-bond donors (Lipinski definition) is 0. The second-order valence-corrected chi connectivity index (χ2v) is 9.09. The molecule has 0 bridgehead atoms. The molecule has 30 heavy (non-hydrogen) atoms. The van der Waals surface area contributed by atoms with Crippen molar-refractivity contribution < 1.29 is 63.1 Å². The van der Waals surface area contributed by atoms with Crippen LogP contribution in [-0.4, -0.2) is 67.7 Å². The monoisotopic (exact) mass is 479 g/mol. The number of hydrogen-bond acceptors (Lipinski definition) is 7. The third-order valence-electron chi connectivity index (χ3n) is 3.24. The molecule has 0 aliphatic rings. The summed E-state index contributed by atoms with van der Waals surface area (Å²) in [6, 6.07) is 0. The first-order valence-corrected chi connectivity index (χ1v) is 11.0. The van der Waals surface area contributed by atoms with Gasteiger partial charge in [-0.2, -0.15) is 13.2 Å². The van der Waals surface area contributed by atoms with Gasteiger partial charge in [0.15, 0.2) is 10.0 Å². The minimum atomic E-state index is -6.14. The average molecular weight is 480 g/mol. The SMILES string of the molecule is C.C.C=CCOCC(CC)OCC(CCOC)CS(=O)(=O)[N-]S(=O)(=O)C(F)(F)F.[Li+]. The van der Waals surface area contributed by atoms with Gasteiger partial charge >= 0.3 is 24.4 Å². The first-order valence-electron chi connectivity index (χ1n) is 7.96. The minimum absolute atomic E-state index is 0. The van der Waals surface area contributed by atoms with Crippen LogP contribution in [0.3, 0.4) is 0 Å². The molecule has 0 spiro atoms. The molecule has 0 aromatic carbocycles. The third kappa shape index (κ3) is 15.6. The number of alkyl halides is 3. The van der Waals surface area contributed by atoms with Gasteiger partial charge in [0.2, 0.25) is 0 Å². The Morgan fingerprint density at radius 1 is 1.13 bits per heavy atom. The van der Waals surface area contributed by atoms with Gasteiger partial charge in [0.05, 0.1) is 35.9 Å². The fraction of sp³-hybridized carbons (Fsp3) is 0.875. The van der Waals surface area contributed by atoms with Gasteiger partial charge in [-0.25, -0.2) is 16.8 Å². The summed E-state index contributed by atoms with van der Waals surface area (Å²) in [6.07, 6.45) is 1.85. The second-order valence-electron chi connectivity index (χ2n) is 5.58. The molecule has 0 saturated carbocycles. The van der Waals surface area contributed by atoms with E-state index in [0.29, 0.717) is 13.0 Å². The van der Waals surface area contributed by atoms with Gasteiger partial charge in [-0.15, -0.1) is 6.58 Å². The Morgan fingerprint density at radius 2 is 1.70 bits per heavy atom. The Balaban J connectivity index is -0.00000113. The van der Waals surface area contributed by atoms with E-state index < -0.39 is 37.2 Å². The molecule has 0 amide bonds. The molecule has 0 radical (unpaired) electrons. The third-order valence-corrected chi connectivity index (χ3v) is 6.41. The van der Waals surface area contributed by atoms with Crippen molar-refractivity contribution in [2.45, 2.75) is 46.2 Å². The quantitative estimate of drug-likeness (QED) is 0.191. The van der Waals surface area contributed by atoms with Gasteiger partial charge in [0, 0.05) is 19.5 Å². The summed E-state index contributed by atoms with van der Waals surface area (Å²) in [5.41, 5.74) is -5.78. The second kappa shape index (κ2) is 17.4. The maximum absolute atomic E-state index is 12.3. The van der Waals surface area contributed by atoms with Crippen LogP contribution >= 0.6 is 0 Å². The van der Waals surface area contributed by atoms with Crippen molar-refractivity contribution in [3.05, 3.63) is 16.8 Å². The Hall–Kier alpha value is -0.133. The van der Waals surface area contributed by atoms with Gasteiger partial charge in [-0.05, 0) is 18.8 Å². The van der Waals surface area contributed by atoms with Crippen molar-refractivity contribution in [3.8, 4) is 0 Å². The van der Waals surface area contributed by atoms with Crippen molar-refractivity contribution in [3.63, 3.8) is 0 Å². The molecule has 8 nitrogen and oxygen atoms in total. The van der Waals surface area contributed by atoms with Crippen LogP contribution in [0.4, 0.5) is 13.2 Å². The molecule has 2 unspecified atom stereocenters. The number of ether oxygens (including phenoxy) is 3. The van der Waals surface area contributed by atoms with Crippen LogP contribution in [0.2, 0.25) is 0 Å². The molecule has 0 aliphatic carbocycles. The Labute approximate surface area is 191 Å². The summed E-state index contributed by atoms with van der Waals surface area (Å²) in [6.45, 7) is 5.80. The molecule has 0 aromatic heterocycles. The fourth-order valence-corrected chi connectivity index (χ4v) is 4.49. The van der Waals surface area contributed by atoms with Crippen LogP contribution in [0.1, 0.15) is 34.6 Å². The Morgan fingerprint density at radius 3 is 2.13 bits per heavy atom. The van der Waals surface area contributed by atoms with Gasteiger partial charge in [-0.3, -0.25) is 0 Å². The van der Waals surface area contributed by atoms with Crippen LogP contribution in [-0.2, 0) is 34.3 Å². The van der Waals surface area contributed by atoms with E-state index in [1.807, 2.05) is 6.92 Å². The van der Waals surface area contributed by atoms with Crippen molar-refractivity contribution in [2.75, 3.05) is 39.3 Å². The van der Waals surface area contributed by atoms with E-state index in [1.165, 1.54) is 7.11 Å². The number of sulfonamides is 2. The summed E-state index contributed by atoms with van der Waals surface area (Å²) >= 11 is 0. The van der Waals surface area contributed by atoms with Crippen LogP contribution in [0, 0.1) is 5.92 Å². The van der Waals surface area contributed by atoms with Crippen molar-refractivity contribution >= 4 is 20.0 Å². The van der Waals surface area contributed by atoms with E-state index in [0.717, 1.165) is 0 Å². The van der Waals surface area contributed by atoms with Crippen molar-refractivity contribution in [1.29, 1.82) is 0 Å². The predicted octanol–water partition coefficient (Wildman–Crippen LogP) is 0.466. The zero-order chi connectivity index (χ0) is 21.1. The zero-order valence-corrected chi connectivity index (χ0v) is 17.8. The van der Waals surface area contributed by atoms with Gasteiger partial charge in [0.25, 0.3) is 0 Å².